The van der Waals surface area contributed by atoms with Crippen LogP contribution < -0.4 is 0 Å². The first-order valence-electron chi connectivity index (χ1n) is 9.23. The van der Waals surface area contributed by atoms with Gasteiger partial charge in [-0.15, -0.1) is 0 Å². The number of hydrogen-bond acceptors (Lipinski definition) is 5. The minimum Gasteiger partial charge on any atom is -0.504 e. The summed E-state index contributed by atoms with van der Waals surface area (Å²) in [6.07, 6.45) is 2.87. The van der Waals surface area contributed by atoms with Gasteiger partial charge in [-0.25, -0.2) is 0 Å². The molecule has 1 saturated heterocycles. The maximum atomic E-state index is 13.3. The van der Waals surface area contributed by atoms with Crippen molar-refractivity contribution in [2.45, 2.75) is 71.5 Å². The normalized spacial score (nSPS) is 45.2. The number of carbonyl (C=O) groups excluding carboxylic acids is 3. The van der Waals surface area contributed by atoms with Crippen LogP contribution in [0.15, 0.2) is 11.3 Å². The first-order valence-corrected chi connectivity index (χ1v) is 9.23. The Kier molecular flexibility index (Phi) is 3.00. The second-order valence-corrected chi connectivity index (χ2v) is 9.48. The highest BCUT2D eigenvalue weighted by Crippen LogP contribution is 2.74. The summed E-state index contributed by atoms with van der Waals surface area (Å²) < 4.78 is 5.92. The Bertz CT molecular complexity index is 760. The Morgan fingerprint density at radius 1 is 1.08 bits per heavy atom. The number of rotatable bonds is 1. The largest absolute Gasteiger partial charge is 0.504 e. The van der Waals surface area contributed by atoms with Gasteiger partial charge in [0, 0.05) is 17.4 Å². The number of ketones is 3. The molecule has 0 amide bonds. The fraction of sp³-hybridized carbons (Fsp3) is 0.750. The van der Waals surface area contributed by atoms with Crippen LogP contribution in [0.5, 0.6) is 0 Å². The molecule has 0 aromatic rings. The first kappa shape index (κ1) is 17.0. The van der Waals surface area contributed by atoms with E-state index < -0.39 is 33.9 Å². The lowest BCUT2D eigenvalue weighted by atomic mass is 9.44. The van der Waals surface area contributed by atoms with Crippen LogP contribution >= 0.6 is 0 Å². The molecule has 1 heterocycles. The number of fused-ring (bicyclic) bond motifs is 1. The average Bonchev–Trinajstić information content (AvgIpc) is 3.22. The molecule has 1 aliphatic heterocycles. The third-order valence-electron chi connectivity index (χ3n) is 7.51. The molecule has 4 rings (SSSR count). The lowest BCUT2D eigenvalue weighted by molar-refractivity contribution is -0.150. The Labute approximate surface area is 147 Å². The Hall–Kier alpha value is -1.49. The number of epoxide rings is 1. The van der Waals surface area contributed by atoms with E-state index in [4.69, 9.17) is 4.74 Å². The second-order valence-electron chi connectivity index (χ2n) is 9.48. The van der Waals surface area contributed by atoms with Crippen LogP contribution in [0.25, 0.3) is 0 Å². The van der Waals surface area contributed by atoms with Crippen molar-refractivity contribution in [1.29, 1.82) is 0 Å². The minimum atomic E-state index is -1.69. The van der Waals surface area contributed by atoms with E-state index in [-0.39, 0.29) is 35.0 Å². The fourth-order valence-electron chi connectivity index (χ4n) is 6.27. The van der Waals surface area contributed by atoms with Gasteiger partial charge in [0.25, 0.3) is 0 Å². The van der Waals surface area contributed by atoms with Gasteiger partial charge in [0.2, 0.25) is 17.2 Å². The van der Waals surface area contributed by atoms with Gasteiger partial charge in [-0.2, -0.15) is 0 Å². The van der Waals surface area contributed by atoms with Gasteiger partial charge in [-0.3, -0.25) is 14.4 Å². The molecule has 0 bridgehead atoms. The standard InChI is InChI=1S/C20H26O5/c1-10(2)13-14(22)16(24)20-18(5)8-6-7-17(3,4)11(18)9-12(21)19(20,25-20)15(13)23/h10-11,22H,6-9H2,1-5H3/t11-,18-,19-,20-/m0/s1. The molecule has 0 spiro atoms. The van der Waals surface area contributed by atoms with E-state index in [0.717, 1.165) is 19.3 Å². The predicted molar refractivity (Wildman–Crippen MR) is 89.9 cm³/mol. The fourth-order valence-corrected chi connectivity index (χ4v) is 6.27. The number of carbonyl (C=O) groups is 3. The van der Waals surface area contributed by atoms with Gasteiger partial charge in [-0.05, 0) is 30.1 Å². The van der Waals surface area contributed by atoms with E-state index >= 15 is 0 Å². The molecule has 0 unspecified atom stereocenters. The first-order chi connectivity index (χ1) is 11.5. The molecule has 3 fully saturated rings. The molecule has 136 valence electrons. The molecule has 0 radical (unpaired) electrons. The summed E-state index contributed by atoms with van der Waals surface area (Å²) in [4.78, 5) is 39.5. The number of hydrogen-bond donors (Lipinski definition) is 1. The van der Waals surface area contributed by atoms with E-state index in [1.54, 1.807) is 13.8 Å². The SMILES string of the molecule is CC(C)C1=C(O)C(=O)[C@@]23O[C@@]2(C(=O)C[C@H]2C(C)(C)CCC[C@@]23C)C1=O. The minimum absolute atomic E-state index is 0.0398. The molecule has 4 aliphatic rings. The van der Waals surface area contributed by atoms with Crippen molar-refractivity contribution in [2.75, 3.05) is 0 Å². The molecule has 0 aromatic heterocycles. The maximum absolute atomic E-state index is 13.3. The quantitative estimate of drug-likeness (QED) is 0.583. The van der Waals surface area contributed by atoms with Gasteiger partial charge >= 0.3 is 0 Å². The molecule has 4 atom stereocenters. The molecule has 1 N–H and O–H groups in total. The smallest absolute Gasteiger partial charge is 0.233 e. The van der Waals surface area contributed by atoms with Crippen LogP contribution in [-0.4, -0.2) is 33.7 Å². The third kappa shape index (κ3) is 1.54. The summed E-state index contributed by atoms with van der Waals surface area (Å²) in [5.74, 6) is -2.21. The van der Waals surface area contributed by atoms with E-state index in [1.165, 1.54) is 0 Å². The highest BCUT2D eigenvalue weighted by Gasteiger charge is 2.92. The van der Waals surface area contributed by atoms with Crippen LogP contribution in [-0.2, 0) is 19.1 Å². The van der Waals surface area contributed by atoms with E-state index in [9.17, 15) is 19.5 Å². The highest BCUT2D eigenvalue weighted by atomic mass is 16.6. The Morgan fingerprint density at radius 2 is 1.72 bits per heavy atom. The van der Waals surface area contributed by atoms with E-state index in [1.807, 2.05) is 6.92 Å². The molecule has 2 saturated carbocycles. The lowest BCUT2D eigenvalue weighted by Crippen LogP contribution is -2.66. The lowest BCUT2D eigenvalue weighted by Gasteiger charge is -2.56. The molecule has 3 aliphatic carbocycles. The van der Waals surface area contributed by atoms with Crippen LogP contribution in [0.4, 0.5) is 0 Å². The van der Waals surface area contributed by atoms with E-state index in [2.05, 4.69) is 13.8 Å². The van der Waals surface area contributed by atoms with Crippen molar-refractivity contribution in [3.63, 3.8) is 0 Å². The number of ether oxygens (including phenoxy) is 1. The summed E-state index contributed by atoms with van der Waals surface area (Å²) in [5.41, 5.74) is -3.88. The number of aliphatic hydroxyl groups is 1. The van der Waals surface area contributed by atoms with Crippen molar-refractivity contribution in [3.8, 4) is 0 Å². The van der Waals surface area contributed by atoms with Crippen LogP contribution in [0, 0.1) is 22.7 Å². The van der Waals surface area contributed by atoms with Gasteiger partial charge in [-0.1, -0.05) is 41.0 Å². The molecular formula is C20H26O5. The third-order valence-corrected chi connectivity index (χ3v) is 7.51. The summed E-state index contributed by atoms with van der Waals surface area (Å²) in [7, 11) is 0. The predicted octanol–water partition coefficient (Wildman–Crippen LogP) is 2.92. The zero-order chi connectivity index (χ0) is 18.6. The molecule has 5 nitrogen and oxygen atoms in total. The van der Waals surface area contributed by atoms with Crippen LogP contribution in [0.2, 0.25) is 0 Å². The summed E-state index contributed by atoms with van der Waals surface area (Å²) in [6.45, 7) is 9.71. The number of Topliss-reactive ketones (excluding diaryl/α,β-unsaturated/α-hetero) is 3. The molecule has 0 aromatic carbocycles. The molecule has 25 heavy (non-hydrogen) atoms. The molecule has 5 heteroatoms. The van der Waals surface area contributed by atoms with Crippen molar-refractivity contribution < 1.29 is 24.2 Å². The van der Waals surface area contributed by atoms with Gasteiger partial charge < -0.3 is 9.84 Å². The summed E-state index contributed by atoms with van der Waals surface area (Å²) in [6, 6.07) is 0. The van der Waals surface area contributed by atoms with Gasteiger partial charge in [0.1, 0.15) is 0 Å². The van der Waals surface area contributed by atoms with Crippen molar-refractivity contribution in [2.24, 2.45) is 22.7 Å². The van der Waals surface area contributed by atoms with Crippen molar-refractivity contribution in [1.82, 2.24) is 0 Å². The summed E-state index contributed by atoms with van der Waals surface area (Å²) >= 11 is 0. The van der Waals surface area contributed by atoms with Crippen LogP contribution in [0.3, 0.4) is 0 Å². The topological polar surface area (TPSA) is 84.0 Å². The monoisotopic (exact) mass is 346 g/mol. The van der Waals surface area contributed by atoms with Gasteiger partial charge in [0.05, 0.1) is 0 Å². The molecular weight excluding hydrogens is 320 g/mol. The van der Waals surface area contributed by atoms with Crippen molar-refractivity contribution >= 4 is 17.3 Å². The average molecular weight is 346 g/mol. The number of aliphatic hydroxyl groups excluding tert-OH is 1. The zero-order valence-corrected chi connectivity index (χ0v) is 15.6. The van der Waals surface area contributed by atoms with Crippen molar-refractivity contribution in [3.05, 3.63) is 11.3 Å². The maximum Gasteiger partial charge on any atom is 0.233 e. The van der Waals surface area contributed by atoms with Crippen LogP contribution in [0.1, 0.15) is 60.3 Å². The zero-order valence-electron chi connectivity index (χ0n) is 15.6. The summed E-state index contributed by atoms with van der Waals surface area (Å²) in [5, 5.41) is 10.5. The second kappa shape index (κ2) is 4.43. The Morgan fingerprint density at radius 3 is 2.32 bits per heavy atom. The van der Waals surface area contributed by atoms with E-state index in [0.29, 0.717) is 0 Å². The van der Waals surface area contributed by atoms with Gasteiger partial charge in [0.15, 0.2) is 17.1 Å². The highest BCUT2D eigenvalue weighted by molar-refractivity contribution is 6.33. The Balaban J connectivity index is 1.96.